The first-order valence-corrected chi connectivity index (χ1v) is 7.66. The number of anilines is 3. The molecule has 23 heavy (non-hydrogen) atoms. The molecule has 4 N–H and O–H groups in total. The zero-order valence-electron chi connectivity index (χ0n) is 12.8. The van der Waals surface area contributed by atoms with Crippen LogP contribution in [0.3, 0.4) is 0 Å². The summed E-state index contributed by atoms with van der Waals surface area (Å²) < 4.78 is 0. The van der Waals surface area contributed by atoms with Crippen molar-refractivity contribution >= 4 is 17.6 Å². The van der Waals surface area contributed by atoms with Gasteiger partial charge in [-0.05, 0) is 19.8 Å². The second-order valence-electron chi connectivity index (χ2n) is 5.72. The van der Waals surface area contributed by atoms with Gasteiger partial charge in [0.2, 0.25) is 5.95 Å². The second kappa shape index (κ2) is 5.71. The molecule has 8 heteroatoms. The molecule has 0 atom stereocenters. The fraction of sp³-hybridized carbons (Fsp3) is 0.333. The van der Waals surface area contributed by atoms with Crippen molar-refractivity contribution in [1.82, 2.24) is 30.1 Å². The van der Waals surface area contributed by atoms with Gasteiger partial charge in [0, 0.05) is 41.8 Å². The van der Waals surface area contributed by atoms with Crippen LogP contribution in [0.25, 0.3) is 0 Å². The summed E-state index contributed by atoms with van der Waals surface area (Å²) in [6.07, 6.45) is 6.00. The fourth-order valence-corrected chi connectivity index (χ4v) is 2.40. The summed E-state index contributed by atoms with van der Waals surface area (Å²) in [5, 5.41) is 13.8. The molecular weight excluding hydrogens is 292 g/mol. The van der Waals surface area contributed by atoms with E-state index in [2.05, 4.69) is 40.8 Å². The van der Waals surface area contributed by atoms with E-state index in [1.807, 2.05) is 19.1 Å². The molecule has 0 amide bonds. The predicted octanol–water partition coefficient (Wildman–Crippen LogP) is 2.46. The largest absolute Gasteiger partial charge is 0.347 e. The lowest BCUT2D eigenvalue weighted by Crippen LogP contribution is -2.07. The third-order valence-corrected chi connectivity index (χ3v) is 3.69. The number of rotatable bonds is 6. The molecule has 8 nitrogen and oxygen atoms in total. The lowest BCUT2D eigenvalue weighted by atomic mass is 10.3. The van der Waals surface area contributed by atoms with E-state index in [0.29, 0.717) is 24.2 Å². The summed E-state index contributed by atoms with van der Waals surface area (Å²) >= 11 is 0. The van der Waals surface area contributed by atoms with Gasteiger partial charge in [-0.3, -0.25) is 5.10 Å². The third kappa shape index (κ3) is 3.31. The maximum absolute atomic E-state index is 4.47. The van der Waals surface area contributed by atoms with E-state index in [1.54, 1.807) is 12.4 Å². The monoisotopic (exact) mass is 310 g/mol. The summed E-state index contributed by atoms with van der Waals surface area (Å²) in [4.78, 5) is 16.1. The molecule has 1 fully saturated rings. The van der Waals surface area contributed by atoms with Crippen molar-refractivity contribution in [3.63, 3.8) is 0 Å². The first-order chi connectivity index (χ1) is 11.3. The van der Waals surface area contributed by atoms with Crippen molar-refractivity contribution in [3.05, 3.63) is 41.7 Å². The van der Waals surface area contributed by atoms with Gasteiger partial charge in [0.05, 0.1) is 6.54 Å². The smallest absolute Gasteiger partial charge is 0.225 e. The normalized spacial score (nSPS) is 14.0. The van der Waals surface area contributed by atoms with E-state index in [9.17, 15) is 0 Å². The number of nitrogens with one attached hydrogen (secondary N) is 4. The summed E-state index contributed by atoms with van der Waals surface area (Å²) in [5.41, 5.74) is 2.07. The Kier molecular flexibility index (Phi) is 3.41. The summed E-state index contributed by atoms with van der Waals surface area (Å²) in [6.45, 7) is 2.48. The van der Waals surface area contributed by atoms with Gasteiger partial charge < -0.3 is 15.6 Å². The van der Waals surface area contributed by atoms with Gasteiger partial charge in [0.1, 0.15) is 11.6 Å². The molecule has 3 aromatic heterocycles. The number of hydrogen-bond donors (Lipinski definition) is 4. The topological polar surface area (TPSA) is 107 Å². The molecule has 3 aromatic rings. The molecule has 118 valence electrons. The zero-order chi connectivity index (χ0) is 15.6. The van der Waals surface area contributed by atoms with Crippen LogP contribution in [0.5, 0.6) is 0 Å². The van der Waals surface area contributed by atoms with Gasteiger partial charge in [-0.15, -0.1) is 0 Å². The van der Waals surface area contributed by atoms with Crippen LogP contribution in [0.1, 0.15) is 36.0 Å². The Balaban J connectivity index is 1.46. The summed E-state index contributed by atoms with van der Waals surface area (Å²) in [7, 11) is 0. The molecule has 0 saturated heterocycles. The molecule has 0 spiro atoms. The number of aromatic nitrogens is 6. The molecule has 0 unspecified atom stereocenters. The second-order valence-corrected chi connectivity index (χ2v) is 5.72. The van der Waals surface area contributed by atoms with Crippen molar-refractivity contribution in [2.45, 2.75) is 32.2 Å². The Morgan fingerprint density at radius 1 is 1.22 bits per heavy atom. The van der Waals surface area contributed by atoms with E-state index in [0.717, 1.165) is 17.3 Å². The summed E-state index contributed by atoms with van der Waals surface area (Å²) in [6, 6.07) is 3.94. The van der Waals surface area contributed by atoms with Crippen LogP contribution in [0, 0.1) is 6.92 Å². The van der Waals surface area contributed by atoms with Gasteiger partial charge in [-0.1, -0.05) is 0 Å². The van der Waals surface area contributed by atoms with Crippen LogP contribution in [0.2, 0.25) is 0 Å². The van der Waals surface area contributed by atoms with E-state index in [-0.39, 0.29) is 0 Å². The highest BCUT2D eigenvalue weighted by atomic mass is 15.2. The van der Waals surface area contributed by atoms with Gasteiger partial charge in [0.25, 0.3) is 0 Å². The highest BCUT2D eigenvalue weighted by molar-refractivity contribution is 5.54. The minimum Gasteiger partial charge on any atom is -0.347 e. The average molecular weight is 310 g/mol. The van der Waals surface area contributed by atoms with E-state index >= 15 is 0 Å². The average Bonchev–Trinajstić information content (AvgIpc) is 3.06. The standard InChI is InChI=1S/C15H18N8/c1-9-6-12(20-13-7-11(22-23-13)10-2-3-10)21-15(19-9)18-8-14-16-4-5-17-14/h4-7,10H,2-3,8H2,1H3,(H,16,17)(H3,18,19,20,21,22,23). The molecule has 1 saturated carbocycles. The number of imidazole rings is 1. The molecule has 4 rings (SSSR count). The van der Waals surface area contributed by atoms with Crippen molar-refractivity contribution in [3.8, 4) is 0 Å². The number of hydrogen-bond acceptors (Lipinski definition) is 6. The number of nitrogens with zero attached hydrogens (tertiary/aromatic N) is 4. The van der Waals surface area contributed by atoms with E-state index in [4.69, 9.17) is 0 Å². The van der Waals surface area contributed by atoms with Crippen molar-refractivity contribution < 1.29 is 0 Å². The maximum atomic E-state index is 4.47. The van der Waals surface area contributed by atoms with Gasteiger partial charge in [-0.2, -0.15) is 10.1 Å². The minimum absolute atomic E-state index is 0.546. The van der Waals surface area contributed by atoms with Crippen molar-refractivity contribution in [1.29, 1.82) is 0 Å². The number of aromatic amines is 2. The highest BCUT2D eigenvalue weighted by Gasteiger charge is 2.25. The molecule has 0 aliphatic heterocycles. The van der Waals surface area contributed by atoms with Crippen molar-refractivity contribution in [2.75, 3.05) is 10.6 Å². The predicted molar refractivity (Wildman–Crippen MR) is 86.5 cm³/mol. The highest BCUT2D eigenvalue weighted by Crippen LogP contribution is 2.39. The lowest BCUT2D eigenvalue weighted by Gasteiger charge is -2.07. The number of aryl methyl sites for hydroxylation is 1. The Labute approximate surface area is 133 Å². The van der Waals surface area contributed by atoms with Crippen LogP contribution < -0.4 is 10.6 Å². The third-order valence-electron chi connectivity index (χ3n) is 3.69. The zero-order valence-corrected chi connectivity index (χ0v) is 12.8. The van der Waals surface area contributed by atoms with Crippen molar-refractivity contribution in [2.24, 2.45) is 0 Å². The van der Waals surface area contributed by atoms with E-state index in [1.165, 1.54) is 18.5 Å². The molecule has 3 heterocycles. The lowest BCUT2D eigenvalue weighted by molar-refractivity contribution is 0.958. The Morgan fingerprint density at radius 3 is 2.91 bits per heavy atom. The first kappa shape index (κ1) is 13.7. The van der Waals surface area contributed by atoms with Crippen LogP contribution >= 0.6 is 0 Å². The maximum Gasteiger partial charge on any atom is 0.225 e. The Bertz CT molecular complexity index is 788. The number of H-pyrrole nitrogens is 2. The molecule has 0 radical (unpaired) electrons. The molecule has 0 bridgehead atoms. The summed E-state index contributed by atoms with van der Waals surface area (Å²) in [5.74, 6) is 3.54. The van der Waals surface area contributed by atoms with Crippen LogP contribution in [-0.2, 0) is 6.54 Å². The van der Waals surface area contributed by atoms with E-state index < -0.39 is 0 Å². The van der Waals surface area contributed by atoms with Crippen LogP contribution in [0.15, 0.2) is 24.5 Å². The quantitative estimate of drug-likeness (QED) is 0.557. The van der Waals surface area contributed by atoms with Crippen LogP contribution in [-0.4, -0.2) is 30.1 Å². The Morgan fingerprint density at radius 2 is 2.13 bits per heavy atom. The van der Waals surface area contributed by atoms with Gasteiger partial charge in [0.15, 0.2) is 5.82 Å². The molecular formula is C15H18N8. The molecule has 1 aliphatic rings. The van der Waals surface area contributed by atoms with Crippen LogP contribution in [0.4, 0.5) is 17.6 Å². The molecule has 0 aromatic carbocycles. The van der Waals surface area contributed by atoms with Gasteiger partial charge >= 0.3 is 0 Å². The first-order valence-electron chi connectivity index (χ1n) is 7.66. The Hall–Kier alpha value is -2.90. The fourth-order valence-electron chi connectivity index (χ4n) is 2.40. The SMILES string of the molecule is Cc1cc(Nc2cc(C3CC3)[nH]n2)nc(NCc2ncc[nH]2)n1. The minimum atomic E-state index is 0.546. The molecule has 1 aliphatic carbocycles. The van der Waals surface area contributed by atoms with Gasteiger partial charge in [-0.25, -0.2) is 9.97 Å².